The van der Waals surface area contributed by atoms with E-state index in [0.29, 0.717) is 11.1 Å². The van der Waals surface area contributed by atoms with Gasteiger partial charge in [-0.3, -0.25) is 4.79 Å². The number of esters is 1. The number of rotatable bonds is 4. The zero-order chi connectivity index (χ0) is 15.6. The van der Waals surface area contributed by atoms with Crippen molar-refractivity contribution in [2.24, 2.45) is 0 Å². The smallest absolute Gasteiger partial charge is 0.378 e. The van der Waals surface area contributed by atoms with Gasteiger partial charge in [0, 0.05) is 11.1 Å². The third-order valence-electron chi connectivity index (χ3n) is 3.38. The number of carbonyl (C=O) groups is 2. The molecular formula is C16H17NO4. The van der Waals surface area contributed by atoms with Gasteiger partial charge in [0.1, 0.15) is 0 Å². The van der Waals surface area contributed by atoms with E-state index in [9.17, 15) is 9.59 Å². The quantitative estimate of drug-likeness (QED) is 0.638. The van der Waals surface area contributed by atoms with Crippen molar-refractivity contribution in [3.8, 4) is 0 Å². The second-order valence-corrected chi connectivity index (χ2v) is 5.05. The highest BCUT2D eigenvalue weighted by Gasteiger charge is 2.23. The van der Waals surface area contributed by atoms with Crippen LogP contribution < -0.4 is 0 Å². The summed E-state index contributed by atoms with van der Waals surface area (Å²) in [4.78, 5) is 24.2. The molecule has 1 aromatic carbocycles. The number of aromatic nitrogens is 1. The average Bonchev–Trinajstić information content (AvgIpc) is 2.87. The number of nitrogens with zero attached hydrogens (tertiary/aromatic N) is 1. The van der Waals surface area contributed by atoms with Gasteiger partial charge in [0.2, 0.25) is 11.5 Å². The summed E-state index contributed by atoms with van der Waals surface area (Å²) in [6, 6.07) is 5.40. The van der Waals surface area contributed by atoms with Gasteiger partial charge in [-0.15, -0.1) is 0 Å². The Kier molecular flexibility index (Phi) is 4.21. The van der Waals surface area contributed by atoms with Gasteiger partial charge in [-0.25, -0.2) is 4.79 Å². The maximum Gasteiger partial charge on any atom is 0.378 e. The predicted molar refractivity (Wildman–Crippen MR) is 76.4 cm³/mol. The van der Waals surface area contributed by atoms with E-state index in [1.54, 1.807) is 26.0 Å². The number of ketones is 1. The molecule has 0 aliphatic carbocycles. The van der Waals surface area contributed by atoms with E-state index in [4.69, 9.17) is 9.26 Å². The molecule has 5 nitrogen and oxygen atoms in total. The van der Waals surface area contributed by atoms with Crippen molar-refractivity contribution in [3.05, 3.63) is 52.4 Å². The summed E-state index contributed by atoms with van der Waals surface area (Å²) in [6.07, 6.45) is 0.538. The van der Waals surface area contributed by atoms with Crippen molar-refractivity contribution in [1.82, 2.24) is 5.16 Å². The first-order chi connectivity index (χ1) is 9.90. The van der Waals surface area contributed by atoms with Crippen LogP contribution in [0.25, 0.3) is 0 Å². The molecule has 2 aromatic rings. The molecule has 1 atom stereocenters. The van der Waals surface area contributed by atoms with Crippen molar-refractivity contribution >= 4 is 11.8 Å². The van der Waals surface area contributed by atoms with E-state index in [0.717, 1.165) is 11.1 Å². The molecule has 21 heavy (non-hydrogen) atoms. The molecule has 1 aromatic heterocycles. The normalized spacial score (nSPS) is 12.0. The lowest BCUT2D eigenvalue weighted by Crippen LogP contribution is -2.24. The summed E-state index contributed by atoms with van der Waals surface area (Å²) in [7, 11) is 0. The number of carbonyl (C=O) groups excluding carboxylic acids is 2. The van der Waals surface area contributed by atoms with Crippen LogP contribution in [0.4, 0.5) is 0 Å². The van der Waals surface area contributed by atoms with Gasteiger partial charge in [0.25, 0.3) is 0 Å². The number of aryl methyl sites for hydroxylation is 3. The third kappa shape index (κ3) is 3.18. The van der Waals surface area contributed by atoms with Crippen LogP contribution in [0.15, 0.2) is 28.9 Å². The summed E-state index contributed by atoms with van der Waals surface area (Å²) in [5.74, 6) is -0.909. The minimum Gasteiger partial charge on any atom is -0.448 e. The molecule has 0 N–H and O–H groups in total. The maximum absolute atomic E-state index is 12.3. The SMILES string of the molecule is Cc1ccc(C(=O)[C@@H](C)OC(=O)c2oncc2C)cc1C. The number of hydrogen-bond acceptors (Lipinski definition) is 5. The molecule has 110 valence electrons. The summed E-state index contributed by atoms with van der Waals surface area (Å²) < 4.78 is 9.95. The van der Waals surface area contributed by atoms with E-state index in [2.05, 4.69) is 5.16 Å². The van der Waals surface area contributed by atoms with Crippen molar-refractivity contribution in [2.45, 2.75) is 33.8 Å². The van der Waals surface area contributed by atoms with Gasteiger partial charge in [0.15, 0.2) is 6.10 Å². The number of hydrogen-bond donors (Lipinski definition) is 0. The second kappa shape index (κ2) is 5.91. The zero-order valence-electron chi connectivity index (χ0n) is 12.5. The molecule has 0 bridgehead atoms. The highest BCUT2D eigenvalue weighted by Crippen LogP contribution is 2.15. The third-order valence-corrected chi connectivity index (χ3v) is 3.38. The monoisotopic (exact) mass is 287 g/mol. The molecule has 0 saturated carbocycles. The molecule has 0 unspecified atom stereocenters. The Morgan fingerprint density at radius 1 is 1.14 bits per heavy atom. The fourth-order valence-corrected chi connectivity index (χ4v) is 1.88. The molecule has 0 amide bonds. The lowest BCUT2D eigenvalue weighted by atomic mass is 10.0. The number of benzene rings is 1. The molecule has 0 radical (unpaired) electrons. The topological polar surface area (TPSA) is 69.4 Å². The zero-order valence-corrected chi connectivity index (χ0v) is 12.5. The van der Waals surface area contributed by atoms with E-state index in [1.165, 1.54) is 6.20 Å². The Hall–Kier alpha value is -2.43. The molecule has 2 rings (SSSR count). The van der Waals surface area contributed by atoms with Gasteiger partial charge in [-0.05, 0) is 44.9 Å². The first-order valence-corrected chi connectivity index (χ1v) is 6.64. The van der Waals surface area contributed by atoms with Crippen LogP contribution in [0, 0.1) is 20.8 Å². The van der Waals surface area contributed by atoms with Crippen molar-refractivity contribution in [3.63, 3.8) is 0 Å². The van der Waals surface area contributed by atoms with Crippen LogP contribution in [0.3, 0.4) is 0 Å². The fraction of sp³-hybridized carbons (Fsp3) is 0.312. The minimum atomic E-state index is -0.885. The molecule has 0 aliphatic rings. The molecule has 0 spiro atoms. The summed E-state index contributed by atoms with van der Waals surface area (Å²) in [6.45, 7) is 7.13. The average molecular weight is 287 g/mol. The Labute approximate surface area is 122 Å². The summed E-state index contributed by atoms with van der Waals surface area (Å²) in [5, 5.41) is 3.51. The van der Waals surface area contributed by atoms with Crippen molar-refractivity contribution in [2.75, 3.05) is 0 Å². The van der Waals surface area contributed by atoms with Crippen LogP contribution >= 0.6 is 0 Å². The number of Topliss-reactive ketones (excluding diaryl/α,β-unsaturated/α-hetero) is 1. The van der Waals surface area contributed by atoms with Gasteiger partial charge in [-0.2, -0.15) is 0 Å². The maximum atomic E-state index is 12.3. The summed E-state index contributed by atoms with van der Waals surface area (Å²) in [5.41, 5.74) is 3.22. The van der Waals surface area contributed by atoms with Crippen LogP contribution in [-0.2, 0) is 4.74 Å². The Balaban J connectivity index is 2.11. The van der Waals surface area contributed by atoms with Crippen LogP contribution in [0.1, 0.15) is 44.5 Å². The molecule has 1 heterocycles. The van der Waals surface area contributed by atoms with Gasteiger partial charge >= 0.3 is 5.97 Å². The molecule has 5 heteroatoms. The van der Waals surface area contributed by atoms with E-state index < -0.39 is 12.1 Å². The summed E-state index contributed by atoms with van der Waals surface area (Å²) >= 11 is 0. The highest BCUT2D eigenvalue weighted by molar-refractivity contribution is 6.01. The van der Waals surface area contributed by atoms with E-state index in [1.807, 2.05) is 19.9 Å². The van der Waals surface area contributed by atoms with Gasteiger partial charge in [0.05, 0.1) is 6.20 Å². The van der Waals surface area contributed by atoms with E-state index >= 15 is 0 Å². The molecular weight excluding hydrogens is 270 g/mol. The van der Waals surface area contributed by atoms with Crippen LogP contribution in [-0.4, -0.2) is 23.0 Å². The fourth-order valence-electron chi connectivity index (χ4n) is 1.88. The Morgan fingerprint density at radius 3 is 2.43 bits per heavy atom. The van der Waals surface area contributed by atoms with E-state index in [-0.39, 0.29) is 11.5 Å². The highest BCUT2D eigenvalue weighted by atomic mass is 16.6. The second-order valence-electron chi connectivity index (χ2n) is 5.05. The first-order valence-electron chi connectivity index (χ1n) is 6.64. The largest absolute Gasteiger partial charge is 0.448 e. The Morgan fingerprint density at radius 2 is 1.86 bits per heavy atom. The van der Waals surface area contributed by atoms with Gasteiger partial charge in [-0.1, -0.05) is 17.3 Å². The van der Waals surface area contributed by atoms with Crippen molar-refractivity contribution < 1.29 is 18.8 Å². The van der Waals surface area contributed by atoms with Gasteiger partial charge < -0.3 is 9.26 Å². The first kappa shape index (κ1) is 15.0. The van der Waals surface area contributed by atoms with Crippen LogP contribution in [0.2, 0.25) is 0 Å². The van der Waals surface area contributed by atoms with Crippen LogP contribution in [0.5, 0.6) is 0 Å². The lowest BCUT2D eigenvalue weighted by molar-refractivity contribution is 0.0280. The standard InChI is InChI=1S/C16H17NO4/c1-9-5-6-13(7-10(9)2)14(18)12(4)20-16(19)15-11(3)8-17-21-15/h5-8,12H,1-4H3/t12-/m1/s1. The number of ether oxygens (including phenoxy) is 1. The van der Waals surface area contributed by atoms with Crippen molar-refractivity contribution in [1.29, 1.82) is 0 Å². The Bertz CT molecular complexity index is 687. The molecule has 0 saturated heterocycles. The predicted octanol–water partition coefficient (Wildman–Crippen LogP) is 3.03. The minimum absolute atomic E-state index is 0.0229. The molecule has 0 aliphatic heterocycles. The molecule has 0 fully saturated rings. The lowest BCUT2D eigenvalue weighted by Gasteiger charge is -2.12.